The highest BCUT2D eigenvalue weighted by Crippen LogP contribution is 2.32. The standard InChI is InChI=1S/C23H28N2O3/c1-3-4-5-6-7-8-9-12-21(26)27-20-16-17(2)13-14-18(20)22-25-19-11-10-15-24-23(19)28-22/h10-11,13-16H,3-9,12H2,1-2H3. The highest BCUT2D eigenvalue weighted by Gasteiger charge is 2.16. The van der Waals surface area contributed by atoms with Crippen molar-refractivity contribution in [2.75, 3.05) is 0 Å². The smallest absolute Gasteiger partial charge is 0.311 e. The van der Waals surface area contributed by atoms with E-state index in [2.05, 4.69) is 16.9 Å². The summed E-state index contributed by atoms with van der Waals surface area (Å²) in [4.78, 5) is 21.0. The molecule has 0 aliphatic heterocycles. The van der Waals surface area contributed by atoms with E-state index in [1.54, 1.807) is 6.20 Å². The number of aryl methyl sites for hydroxylation is 1. The first-order valence-corrected chi connectivity index (χ1v) is 10.2. The molecular weight excluding hydrogens is 352 g/mol. The van der Waals surface area contributed by atoms with Gasteiger partial charge in [-0.1, -0.05) is 51.5 Å². The lowest BCUT2D eigenvalue weighted by molar-refractivity contribution is -0.134. The van der Waals surface area contributed by atoms with Gasteiger partial charge in [-0.05, 0) is 43.2 Å². The molecule has 3 aromatic rings. The minimum atomic E-state index is -0.213. The Morgan fingerprint density at radius 3 is 2.64 bits per heavy atom. The summed E-state index contributed by atoms with van der Waals surface area (Å²) in [6, 6.07) is 9.32. The van der Waals surface area contributed by atoms with Gasteiger partial charge in [0.05, 0.1) is 5.56 Å². The molecule has 0 aliphatic rings. The second-order valence-electron chi connectivity index (χ2n) is 7.19. The van der Waals surface area contributed by atoms with Gasteiger partial charge in [-0.2, -0.15) is 0 Å². The highest BCUT2D eigenvalue weighted by atomic mass is 16.5. The van der Waals surface area contributed by atoms with Crippen molar-refractivity contribution in [3.8, 4) is 17.2 Å². The second kappa shape index (κ2) is 10.0. The molecule has 2 heterocycles. The van der Waals surface area contributed by atoms with Crippen LogP contribution < -0.4 is 4.74 Å². The number of rotatable bonds is 10. The Labute approximate surface area is 166 Å². The highest BCUT2D eigenvalue weighted by molar-refractivity contribution is 5.78. The molecule has 0 unspecified atom stereocenters. The van der Waals surface area contributed by atoms with Crippen molar-refractivity contribution in [3.05, 3.63) is 42.1 Å². The third-order valence-electron chi connectivity index (χ3n) is 4.74. The van der Waals surface area contributed by atoms with Gasteiger partial charge in [-0.25, -0.2) is 9.97 Å². The zero-order chi connectivity index (χ0) is 19.8. The molecular formula is C23H28N2O3. The number of nitrogens with zero attached hydrogens (tertiary/aromatic N) is 2. The monoisotopic (exact) mass is 380 g/mol. The molecule has 0 radical (unpaired) electrons. The van der Waals surface area contributed by atoms with Gasteiger partial charge >= 0.3 is 5.97 Å². The average molecular weight is 380 g/mol. The second-order valence-corrected chi connectivity index (χ2v) is 7.19. The van der Waals surface area contributed by atoms with Gasteiger partial charge in [0, 0.05) is 12.6 Å². The summed E-state index contributed by atoms with van der Waals surface area (Å²) in [6.07, 6.45) is 10.3. The number of aromatic nitrogens is 2. The third kappa shape index (κ3) is 5.41. The lowest BCUT2D eigenvalue weighted by atomic mass is 10.1. The summed E-state index contributed by atoms with van der Waals surface area (Å²) in [6.45, 7) is 4.18. The van der Waals surface area contributed by atoms with Crippen LogP contribution in [-0.4, -0.2) is 15.9 Å². The maximum Gasteiger partial charge on any atom is 0.311 e. The summed E-state index contributed by atoms with van der Waals surface area (Å²) in [7, 11) is 0. The van der Waals surface area contributed by atoms with Crippen LogP contribution in [0.25, 0.3) is 22.7 Å². The van der Waals surface area contributed by atoms with Crippen molar-refractivity contribution in [2.24, 2.45) is 0 Å². The summed E-state index contributed by atoms with van der Waals surface area (Å²) in [5.74, 6) is 0.682. The molecule has 3 rings (SSSR count). The Morgan fingerprint density at radius 1 is 1.07 bits per heavy atom. The van der Waals surface area contributed by atoms with Gasteiger partial charge in [0.1, 0.15) is 11.3 Å². The van der Waals surface area contributed by atoms with Crippen LogP contribution in [0.3, 0.4) is 0 Å². The molecule has 28 heavy (non-hydrogen) atoms. The van der Waals surface area contributed by atoms with Gasteiger partial charge in [-0.15, -0.1) is 0 Å². The Morgan fingerprint density at radius 2 is 1.86 bits per heavy atom. The molecule has 0 aliphatic carbocycles. The fourth-order valence-electron chi connectivity index (χ4n) is 3.18. The number of carbonyl (C=O) groups is 1. The molecule has 0 saturated heterocycles. The van der Waals surface area contributed by atoms with Crippen LogP contribution in [0.15, 0.2) is 40.9 Å². The minimum absolute atomic E-state index is 0.213. The molecule has 2 aromatic heterocycles. The van der Waals surface area contributed by atoms with Gasteiger partial charge in [0.2, 0.25) is 11.6 Å². The van der Waals surface area contributed by atoms with E-state index in [4.69, 9.17) is 9.15 Å². The maximum absolute atomic E-state index is 12.3. The van der Waals surface area contributed by atoms with Crippen molar-refractivity contribution in [1.29, 1.82) is 0 Å². The first-order valence-electron chi connectivity index (χ1n) is 10.2. The van der Waals surface area contributed by atoms with Crippen LogP contribution in [0.5, 0.6) is 5.75 Å². The zero-order valence-electron chi connectivity index (χ0n) is 16.7. The van der Waals surface area contributed by atoms with E-state index >= 15 is 0 Å². The fourth-order valence-corrected chi connectivity index (χ4v) is 3.18. The first-order chi connectivity index (χ1) is 13.7. The number of unbranched alkanes of at least 4 members (excludes halogenated alkanes) is 6. The Kier molecular flexibility index (Phi) is 7.18. The molecule has 5 nitrogen and oxygen atoms in total. The largest absolute Gasteiger partial charge is 0.426 e. The third-order valence-corrected chi connectivity index (χ3v) is 4.74. The molecule has 0 spiro atoms. The van der Waals surface area contributed by atoms with E-state index in [1.165, 1.54) is 32.1 Å². The predicted molar refractivity (Wildman–Crippen MR) is 110 cm³/mol. The quantitative estimate of drug-likeness (QED) is 0.236. The lowest BCUT2D eigenvalue weighted by Crippen LogP contribution is -2.08. The van der Waals surface area contributed by atoms with Crippen molar-refractivity contribution < 1.29 is 13.9 Å². The summed E-state index contributed by atoms with van der Waals surface area (Å²) >= 11 is 0. The number of hydrogen-bond donors (Lipinski definition) is 0. The number of hydrogen-bond acceptors (Lipinski definition) is 5. The van der Waals surface area contributed by atoms with E-state index in [-0.39, 0.29) is 5.97 Å². The molecule has 0 bridgehead atoms. The predicted octanol–water partition coefficient (Wildman–Crippen LogP) is 6.24. The number of ether oxygens (including phenoxy) is 1. The topological polar surface area (TPSA) is 65.2 Å². The van der Waals surface area contributed by atoms with Crippen LogP contribution in [0, 0.1) is 6.92 Å². The van der Waals surface area contributed by atoms with E-state index in [0.29, 0.717) is 34.9 Å². The molecule has 0 fully saturated rings. The number of pyridine rings is 1. The van der Waals surface area contributed by atoms with E-state index in [0.717, 1.165) is 18.4 Å². The first kappa shape index (κ1) is 20.1. The van der Waals surface area contributed by atoms with Crippen molar-refractivity contribution in [2.45, 2.75) is 65.2 Å². The summed E-state index contributed by atoms with van der Waals surface area (Å²) < 4.78 is 11.4. The van der Waals surface area contributed by atoms with Crippen molar-refractivity contribution in [3.63, 3.8) is 0 Å². The van der Waals surface area contributed by atoms with Gasteiger partial charge in [0.25, 0.3) is 0 Å². The van der Waals surface area contributed by atoms with Gasteiger partial charge in [-0.3, -0.25) is 4.79 Å². The minimum Gasteiger partial charge on any atom is -0.426 e. The summed E-state index contributed by atoms with van der Waals surface area (Å²) in [5.41, 5.74) is 2.82. The average Bonchev–Trinajstić information content (AvgIpc) is 3.11. The van der Waals surface area contributed by atoms with E-state index in [9.17, 15) is 4.79 Å². The van der Waals surface area contributed by atoms with E-state index in [1.807, 2.05) is 37.3 Å². The normalized spacial score (nSPS) is 11.1. The molecule has 5 heteroatoms. The van der Waals surface area contributed by atoms with Gasteiger partial charge in [0.15, 0.2) is 0 Å². The number of esters is 1. The molecule has 148 valence electrons. The Balaban J connectivity index is 1.62. The van der Waals surface area contributed by atoms with Crippen molar-refractivity contribution in [1.82, 2.24) is 9.97 Å². The van der Waals surface area contributed by atoms with E-state index < -0.39 is 0 Å². The molecule has 0 N–H and O–H groups in total. The fraction of sp³-hybridized carbons (Fsp3) is 0.435. The maximum atomic E-state index is 12.3. The number of benzene rings is 1. The molecule has 1 aromatic carbocycles. The van der Waals surface area contributed by atoms with Crippen LogP contribution in [0.4, 0.5) is 0 Å². The molecule has 0 amide bonds. The SMILES string of the molecule is CCCCCCCCCC(=O)Oc1cc(C)ccc1-c1nc2cccnc2o1. The Hall–Kier alpha value is -2.69. The van der Waals surface area contributed by atoms with Crippen LogP contribution in [-0.2, 0) is 4.79 Å². The zero-order valence-corrected chi connectivity index (χ0v) is 16.7. The number of fused-ring (bicyclic) bond motifs is 1. The number of oxazole rings is 1. The van der Waals surface area contributed by atoms with Crippen LogP contribution in [0.2, 0.25) is 0 Å². The van der Waals surface area contributed by atoms with Crippen LogP contribution in [0.1, 0.15) is 63.9 Å². The number of carbonyl (C=O) groups excluding carboxylic acids is 1. The molecule has 0 atom stereocenters. The van der Waals surface area contributed by atoms with Crippen LogP contribution >= 0.6 is 0 Å². The van der Waals surface area contributed by atoms with Crippen molar-refractivity contribution >= 4 is 17.2 Å². The summed E-state index contributed by atoms with van der Waals surface area (Å²) in [5, 5.41) is 0. The van der Waals surface area contributed by atoms with Gasteiger partial charge < -0.3 is 9.15 Å². The molecule has 0 saturated carbocycles. The Bertz CT molecular complexity index is 884. The lowest BCUT2D eigenvalue weighted by Gasteiger charge is -2.09.